The first-order valence-electron chi connectivity index (χ1n) is 8.96. The van der Waals surface area contributed by atoms with Crippen LogP contribution in [0.15, 0.2) is 48.7 Å². The second-order valence-electron chi connectivity index (χ2n) is 6.99. The Hall–Kier alpha value is -3.19. The van der Waals surface area contributed by atoms with Gasteiger partial charge in [0.25, 0.3) is 5.91 Å². The van der Waals surface area contributed by atoms with E-state index in [1.54, 1.807) is 16.8 Å². The number of carbonyl (C=O) groups is 2. The lowest BCUT2D eigenvalue weighted by Gasteiger charge is -2.11. The first-order valence-corrected chi connectivity index (χ1v) is 8.96. The lowest BCUT2D eigenvalue weighted by molar-refractivity contribution is -0.119. The number of hydrogen-bond donors (Lipinski definition) is 3. The summed E-state index contributed by atoms with van der Waals surface area (Å²) in [5.74, 6) is -0.495. The number of aromatic nitrogens is 2. The van der Waals surface area contributed by atoms with Crippen molar-refractivity contribution in [3.05, 3.63) is 54.2 Å². The minimum Gasteiger partial charge on any atom is -0.366 e. The van der Waals surface area contributed by atoms with Crippen LogP contribution in [0.25, 0.3) is 16.6 Å². The minimum absolute atomic E-state index is 0.0108. The highest BCUT2D eigenvalue weighted by Crippen LogP contribution is 2.26. The zero-order valence-electron chi connectivity index (χ0n) is 14.8. The first-order chi connectivity index (χ1) is 13.0. The van der Waals surface area contributed by atoms with E-state index in [0.717, 1.165) is 36.0 Å². The Morgan fingerprint density at radius 2 is 1.89 bits per heavy atom. The number of carbonyl (C=O) groups excluding carboxylic acids is 2. The highest BCUT2D eigenvalue weighted by atomic mass is 16.2. The van der Waals surface area contributed by atoms with Gasteiger partial charge in [-0.25, -0.2) is 4.68 Å². The molecule has 0 bridgehead atoms. The van der Waals surface area contributed by atoms with Crippen LogP contribution in [0.5, 0.6) is 0 Å². The van der Waals surface area contributed by atoms with Gasteiger partial charge in [0.15, 0.2) is 0 Å². The maximum Gasteiger partial charge on any atom is 0.250 e. The highest BCUT2D eigenvalue weighted by molar-refractivity contribution is 6.04. The number of nitrogens with two attached hydrogens (primary N) is 2. The molecule has 3 aromatic rings. The molecule has 138 valence electrons. The maximum absolute atomic E-state index is 12.3. The van der Waals surface area contributed by atoms with Gasteiger partial charge >= 0.3 is 0 Å². The molecule has 1 saturated carbocycles. The third-order valence-electron chi connectivity index (χ3n) is 5.05. The summed E-state index contributed by atoms with van der Waals surface area (Å²) in [5.41, 5.74) is 13.8. The lowest BCUT2D eigenvalue weighted by Crippen LogP contribution is -2.23. The number of hydrogen-bond acceptors (Lipinski definition) is 4. The molecule has 0 unspecified atom stereocenters. The summed E-state index contributed by atoms with van der Waals surface area (Å²) in [4.78, 5) is 23.9. The average Bonchev–Trinajstić information content (AvgIpc) is 3.28. The van der Waals surface area contributed by atoms with Crippen molar-refractivity contribution in [1.29, 1.82) is 0 Å². The van der Waals surface area contributed by atoms with Gasteiger partial charge in [-0.15, -0.1) is 0 Å². The Kier molecular flexibility index (Phi) is 4.37. The molecular formula is C20H21N5O2. The number of nitrogens with zero attached hydrogens (tertiary/aromatic N) is 2. The standard InChI is InChI=1S/C20H21N5O2/c21-14-5-4-12(10-14)20(27)23-15-6-8-16(9-7-15)25-11-13-2-1-3-17(19(22)26)18(13)24-25/h1-3,6-9,11-12,14H,4-5,10,21H2,(H2,22,26)(H,23,27)/t12-,14-/m1/s1. The van der Waals surface area contributed by atoms with Crippen LogP contribution >= 0.6 is 0 Å². The topological polar surface area (TPSA) is 116 Å². The van der Waals surface area contributed by atoms with Crippen molar-refractivity contribution in [1.82, 2.24) is 9.78 Å². The van der Waals surface area contributed by atoms with Gasteiger partial charge in [-0.2, -0.15) is 5.10 Å². The van der Waals surface area contributed by atoms with Crippen molar-refractivity contribution in [3.63, 3.8) is 0 Å². The molecule has 4 rings (SSSR count). The number of amides is 2. The van der Waals surface area contributed by atoms with Gasteiger partial charge in [-0.1, -0.05) is 12.1 Å². The van der Waals surface area contributed by atoms with Gasteiger partial charge < -0.3 is 16.8 Å². The summed E-state index contributed by atoms with van der Waals surface area (Å²) in [5, 5.41) is 8.26. The van der Waals surface area contributed by atoms with Crippen LogP contribution in [0.1, 0.15) is 29.6 Å². The molecule has 2 atom stereocenters. The quantitative estimate of drug-likeness (QED) is 0.659. The van der Waals surface area contributed by atoms with Crippen LogP contribution < -0.4 is 16.8 Å². The highest BCUT2D eigenvalue weighted by Gasteiger charge is 2.27. The van der Waals surface area contributed by atoms with E-state index in [2.05, 4.69) is 10.4 Å². The number of primary amides is 1. The molecule has 1 heterocycles. The molecular weight excluding hydrogens is 342 g/mol. The fourth-order valence-electron chi connectivity index (χ4n) is 3.57. The second-order valence-corrected chi connectivity index (χ2v) is 6.99. The van der Waals surface area contributed by atoms with Crippen molar-refractivity contribution in [3.8, 4) is 5.69 Å². The Morgan fingerprint density at radius 1 is 1.11 bits per heavy atom. The summed E-state index contributed by atoms with van der Waals surface area (Å²) in [7, 11) is 0. The minimum atomic E-state index is -0.504. The van der Waals surface area contributed by atoms with Crippen molar-refractivity contribution in [2.24, 2.45) is 17.4 Å². The molecule has 0 radical (unpaired) electrons. The summed E-state index contributed by atoms with van der Waals surface area (Å²) in [6.45, 7) is 0. The fourth-order valence-corrected chi connectivity index (χ4v) is 3.57. The Balaban J connectivity index is 1.54. The van der Waals surface area contributed by atoms with Crippen molar-refractivity contribution >= 4 is 28.4 Å². The van der Waals surface area contributed by atoms with E-state index in [4.69, 9.17) is 11.5 Å². The summed E-state index contributed by atoms with van der Waals surface area (Å²) in [6, 6.07) is 12.9. The van der Waals surface area contributed by atoms with Crippen LogP contribution in [-0.4, -0.2) is 27.6 Å². The SMILES string of the molecule is NC(=O)c1cccc2cn(-c3ccc(NC(=O)[C@@H]4CC[C@@H](N)C4)cc3)nc12. The number of rotatable bonds is 4. The van der Waals surface area contributed by atoms with Gasteiger partial charge in [0.1, 0.15) is 5.52 Å². The maximum atomic E-state index is 12.3. The van der Waals surface area contributed by atoms with Crippen LogP contribution in [0, 0.1) is 5.92 Å². The van der Waals surface area contributed by atoms with Crippen molar-refractivity contribution in [2.75, 3.05) is 5.32 Å². The Morgan fingerprint density at radius 3 is 2.56 bits per heavy atom. The predicted octanol–water partition coefficient (Wildman–Crippen LogP) is 2.19. The normalized spacial score (nSPS) is 19.3. The van der Waals surface area contributed by atoms with Crippen LogP contribution in [-0.2, 0) is 4.79 Å². The number of fused-ring (bicyclic) bond motifs is 1. The molecule has 1 aromatic heterocycles. The molecule has 1 aliphatic rings. The summed E-state index contributed by atoms with van der Waals surface area (Å²) in [6.07, 6.45) is 4.32. The predicted molar refractivity (Wildman–Crippen MR) is 104 cm³/mol. The van der Waals surface area contributed by atoms with E-state index >= 15 is 0 Å². The first kappa shape index (κ1) is 17.2. The zero-order chi connectivity index (χ0) is 19.0. The van der Waals surface area contributed by atoms with Gasteiger partial charge in [0, 0.05) is 29.2 Å². The lowest BCUT2D eigenvalue weighted by atomic mass is 10.1. The summed E-state index contributed by atoms with van der Waals surface area (Å²) < 4.78 is 1.69. The van der Waals surface area contributed by atoms with Crippen LogP contribution in [0.3, 0.4) is 0 Å². The largest absolute Gasteiger partial charge is 0.366 e. The van der Waals surface area contributed by atoms with E-state index in [-0.39, 0.29) is 17.9 Å². The molecule has 27 heavy (non-hydrogen) atoms. The Labute approximate surface area is 156 Å². The number of anilines is 1. The monoisotopic (exact) mass is 363 g/mol. The van der Waals surface area contributed by atoms with Crippen molar-refractivity contribution in [2.45, 2.75) is 25.3 Å². The molecule has 0 aliphatic heterocycles. The van der Waals surface area contributed by atoms with Crippen LogP contribution in [0.2, 0.25) is 0 Å². The molecule has 1 aliphatic carbocycles. The van der Waals surface area contributed by atoms with Crippen molar-refractivity contribution < 1.29 is 9.59 Å². The third kappa shape index (κ3) is 3.41. The molecule has 2 aromatic carbocycles. The number of nitrogens with one attached hydrogen (secondary N) is 1. The second kappa shape index (κ2) is 6.85. The van der Waals surface area contributed by atoms with Gasteiger partial charge in [-0.05, 0) is 49.6 Å². The molecule has 7 heteroatoms. The third-order valence-corrected chi connectivity index (χ3v) is 5.05. The van der Waals surface area contributed by atoms with E-state index in [0.29, 0.717) is 11.1 Å². The van der Waals surface area contributed by atoms with E-state index in [9.17, 15) is 9.59 Å². The fraction of sp³-hybridized carbons (Fsp3) is 0.250. The number of benzene rings is 2. The van der Waals surface area contributed by atoms with Gasteiger partial charge in [0.2, 0.25) is 5.91 Å². The Bertz CT molecular complexity index is 1010. The molecule has 7 nitrogen and oxygen atoms in total. The van der Waals surface area contributed by atoms with Crippen LogP contribution in [0.4, 0.5) is 5.69 Å². The summed E-state index contributed by atoms with van der Waals surface area (Å²) >= 11 is 0. The average molecular weight is 363 g/mol. The van der Waals surface area contributed by atoms with E-state index in [1.807, 2.05) is 36.5 Å². The smallest absolute Gasteiger partial charge is 0.250 e. The molecule has 5 N–H and O–H groups in total. The molecule has 2 amide bonds. The zero-order valence-corrected chi connectivity index (χ0v) is 14.8. The van der Waals surface area contributed by atoms with Gasteiger partial charge in [-0.3, -0.25) is 9.59 Å². The van der Waals surface area contributed by atoms with Gasteiger partial charge in [0.05, 0.1) is 11.3 Å². The molecule has 0 saturated heterocycles. The van der Waals surface area contributed by atoms with E-state index in [1.165, 1.54) is 0 Å². The molecule has 1 fully saturated rings. The molecule has 0 spiro atoms. The van der Waals surface area contributed by atoms with E-state index < -0.39 is 5.91 Å².